The monoisotopic (exact) mass is 252 g/mol. The van der Waals surface area contributed by atoms with Crippen molar-refractivity contribution in [2.45, 2.75) is 11.4 Å². The fourth-order valence-electron chi connectivity index (χ4n) is 0.887. The highest BCUT2D eigenvalue weighted by Gasteiger charge is 2.14. The average Bonchev–Trinajstić information content (AvgIpc) is 2.18. The number of hydrogen-bond acceptors (Lipinski definition) is 3. The number of aromatic nitrogens is 1. The van der Waals surface area contributed by atoms with E-state index < -0.39 is 16.0 Å². The minimum absolute atomic E-state index is 0.212. The van der Waals surface area contributed by atoms with E-state index in [1.165, 1.54) is 12.1 Å². The van der Waals surface area contributed by atoms with Gasteiger partial charge in [0.15, 0.2) is 5.03 Å². The Morgan fingerprint density at radius 1 is 1.47 bits per heavy atom. The van der Waals surface area contributed by atoms with Gasteiger partial charge in [-0.3, -0.25) is 0 Å². The largest absolute Gasteiger partial charge is 0.258 e. The number of alkyl halides is 1. The van der Waals surface area contributed by atoms with Crippen LogP contribution in [0.4, 0.5) is 4.39 Å². The van der Waals surface area contributed by atoms with Crippen LogP contribution in [0.15, 0.2) is 23.2 Å². The first-order valence-corrected chi connectivity index (χ1v) is 6.26. The number of sulfonamides is 1. The third-order valence-corrected chi connectivity index (χ3v) is 3.20. The van der Waals surface area contributed by atoms with E-state index in [2.05, 4.69) is 9.71 Å². The first-order chi connectivity index (χ1) is 7.06. The molecule has 0 atom stereocenters. The van der Waals surface area contributed by atoms with Crippen LogP contribution >= 0.6 is 11.6 Å². The summed E-state index contributed by atoms with van der Waals surface area (Å²) in [6, 6.07) is 3.60. The summed E-state index contributed by atoms with van der Waals surface area (Å²) >= 11 is 5.39. The summed E-state index contributed by atoms with van der Waals surface area (Å²) in [4.78, 5) is 3.27. The molecule has 0 aromatic carbocycles. The molecule has 0 unspecified atom stereocenters. The van der Waals surface area contributed by atoms with Crippen molar-refractivity contribution in [2.24, 2.45) is 0 Å². The summed E-state index contributed by atoms with van der Waals surface area (Å²) in [6.07, 6.45) is 0.510. The van der Waals surface area contributed by atoms with Crippen molar-refractivity contribution >= 4 is 21.6 Å². The zero-order valence-corrected chi connectivity index (χ0v) is 9.35. The standard InChI is InChI=1S/C8H10ClFN2O2S/c9-5-2-6-11-15(13,14)8-4-1-3-7(10)12-8/h1,3-4,11H,2,5-6H2. The molecule has 15 heavy (non-hydrogen) atoms. The molecule has 0 aliphatic rings. The maximum atomic E-state index is 12.7. The molecule has 0 amide bonds. The van der Waals surface area contributed by atoms with Gasteiger partial charge >= 0.3 is 0 Å². The highest BCUT2D eigenvalue weighted by Crippen LogP contribution is 2.05. The van der Waals surface area contributed by atoms with Crippen LogP contribution in [0.5, 0.6) is 0 Å². The lowest BCUT2D eigenvalue weighted by Gasteiger charge is -2.04. The van der Waals surface area contributed by atoms with E-state index in [-0.39, 0.29) is 11.6 Å². The molecule has 1 N–H and O–H groups in total. The molecule has 0 radical (unpaired) electrons. The summed E-state index contributed by atoms with van der Waals surface area (Å²) in [7, 11) is -3.71. The number of halogens is 2. The third kappa shape index (κ3) is 3.73. The molecular weight excluding hydrogens is 243 g/mol. The molecule has 0 aliphatic heterocycles. The molecule has 1 aromatic heterocycles. The molecule has 0 fully saturated rings. The van der Waals surface area contributed by atoms with Crippen LogP contribution in [0.2, 0.25) is 0 Å². The van der Waals surface area contributed by atoms with Crippen LogP contribution in [0.25, 0.3) is 0 Å². The lowest BCUT2D eigenvalue weighted by Crippen LogP contribution is -2.26. The molecule has 0 saturated carbocycles. The van der Waals surface area contributed by atoms with E-state index in [1.807, 2.05) is 0 Å². The van der Waals surface area contributed by atoms with Gasteiger partial charge in [-0.1, -0.05) is 6.07 Å². The van der Waals surface area contributed by atoms with Gasteiger partial charge < -0.3 is 0 Å². The van der Waals surface area contributed by atoms with E-state index in [0.29, 0.717) is 12.3 Å². The van der Waals surface area contributed by atoms with Gasteiger partial charge in [-0.05, 0) is 18.6 Å². The van der Waals surface area contributed by atoms with Crippen LogP contribution in [-0.2, 0) is 10.0 Å². The SMILES string of the molecule is O=S(=O)(NCCCCl)c1cccc(F)n1. The molecular formula is C8H10ClFN2O2S. The first-order valence-electron chi connectivity index (χ1n) is 4.24. The van der Waals surface area contributed by atoms with E-state index in [4.69, 9.17) is 11.6 Å². The summed E-state index contributed by atoms with van der Waals surface area (Å²) in [6.45, 7) is 0.212. The second kappa shape index (κ2) is 5.39. The second-order valence-electron chi connectivity index (χ2n) is 2.74. The summed E-state index contributed by atoms with van der Waals surface area (Å²) in [5.74, 6) is -0.464. The van der Waals surface area contributed by atoms with E-state index >= 15 is 0 Å². The number of pyridine rings is 1. The van der Waals surface area contributed by atoms with Crippen LogP contribution in [0.3, 0.4) is 0 Å². The third-order valence-electron chi connectivity index (χ3n) is 1.57. The Kier molecular flexibility index (Phi) is 4.44. The smallest absolute Gasteiger partial charge is 0.210 e. The second-order valence-corrected chi connectivity index (χ2v) is 4.83. The molecule has 7 heteroatoms. The van der Waals surface area contributed by atoms with Crippen molar-refractivity contribution < 1.29 is 12.8 Å². The van der Waals surface area contributed by atoms with E-state index in [0.717, 1.165) is 6.07 Å². The van der Waals surface area contributed by atoms with Gasteiger partial charge in [0.2, 0.25) is 5.95 Å². The Balaban J connectivity index is 2.77. The highest BCUT2D eigenvalue weighted by molar-refractivity contribution is 7.89. The van der Waals surface area contributed by atoms with Crippen molar-refractivity contribution in [3.8, 4) is 0 Å². The van der Waals surface area contributed by atoms with E-state index in [9.17, 15) is 12.8 Å². The molecule has 0 spiro atoms. The van der Waals surface area contributed by atoms with Crippen molar-refractivity contribution in [1.29, 1.82) is 0 Å². The van der Waals surface area contributed by atoms with Crippen LogP contribution in [0.1, 0.15) is 6.42 Å². The normalized spacial score (nSPS) is 11.6. The average molecular weight is 253 g/mol. The number of nitrogens with one attached hydrogen (secondary N) is 1. The fourth-order valence-corrected chi connectivity index (χ4v) is 2.05. The number of nitrogens with zero attached hydrogens (tertiary/aromatic N) is 1. The lowest BCUT2D eigenvalue weighted by atomic mass is 10.5. The molecule has 84 valence electrons. The Hall–Kier alpha value is -0.720. The quantitative estimate of drug-likeness (QED) is 0.486. The Morgan fingerprint density at radius 2 is 2.20 bits per heavy atom. The maximum absolute atomic E-state index is 12.7. The predicted octanol–water partition coefficient (Wildman–Crippen LogP) is 1.13. The van der Waals surface area contributed by atoms with Crippen LogP contribution in [-0.4, -0.2) is 25.8 Å². The molecule has 1 aromatic rings. The van der Waals surface area contributed by atoms with Crippen molar-refractivity contribution in [3.05, 3.63) is 24.1 Å². The summed E-state index contributed by atoms with van der Waals surface area (Å²) in [5.41, 5.74) is 0. The molecule has 1 heterocycles. The van der Waals surface area contributed by atoms with Gasteiger partial charge in [0, 0.05) is 12.4 Å². The van der Waals surface area contributed by atoms with Crippen LogP contribution < -0.4 is 4.72 Å². The Labute approximate surface area is 92.5 Å². The fraction of sp³-hybridized carbons (Fsp3) is 0.375. The lowest BCUT2D eigenvalue weighted by molar-refractivity contribution is 0.550. The number of hydrogen-bond donors (Lipinski definition) is 1. The van der Waals surface area contributed by atoms with E-state index in [1.54, 1.807) is 0 Å². The van der Waals surface area contributed by atoms with Gasteiger partial charge in [-0.2, -0.15) is 4.39 Å². The number of rotatable bonds is 5. The summed E-state index contributed by atoms with van der Waals surface area (Å²) in [5, 5.41) is -0.322. The minimum atomic E-state index is -3.71. The maximum Gasteiger partial charge on any atom is 0.258 e. The molecule has 0 aliphatic carbocycles. The van der Waals surface area contributed by atoms with Crippen LogP contribution in [0, 0.1) is 5.95 Å². The molecule has 0 bridgehead atoms. The molecule has 1 rings (SSSR count). The topological polar surface area (TPSA) is 59.1 Å². The first kappa shape index (κ1) is 12.4. The zero-order valence-electron chi connectivity index (χ0n) is 7.78. The van der Waals surface area contributed by atoms with Crippen molar-refractivity contribution in [2.75, 3.05) is 12.4 Å². The predicted molar refractivity (Wildman–Crippen MR) is 54.7 cm³/mol. The van der Waals surface area contributed by atoms with Gasteiger partial charge in [0.05, 0.1) is 0 Å². The van der Waals surface area contributed by atoms with Gasteiger partial charge in [0.1, 0.15) is 0 Å². The highest BCUT2D eigenvalue weighted by atomic mass is 35.5. The van der Waals surface area contributed by atoms with Gasteiger partial charge in [-0.15, -0.1) is 11.6 Å². The minimum Gasteiger partial charge on any atom is -0.210 e. The van der Waals surface area contributed by atoms with Gasteiger partial charge in [0.25, 0.3) is 10.0 Å². The Bertz CT molecular complexity index is 424. The summed E-state index contributed by atoms with van der Waals surface area (Å²) < 4.78 is 37.9. The van der Waals surface area contributed by atoms with Crippen molar-refractivity contribution in [3.63, 3.8) is 0 Å². The van der Waals surface area contributed by atoms with Crippen molar-refractivity contribution in [1.82, 2.24) is 9.71 Å². The zero-order chi connectivity index (χ0) is 11.3. The van der Waals surface area contributed by atoms with Gasteiger partial charge in [-0.25, -0.2) is 18.1 Å². The Morgan fingerprint density at radius 3 is 2.80 bits per heavy atom. The molecule has 0 saturated heterocycles. The molecule has 4 nitrogen and oxygen atoms in total.